The molecule has 0 fully saturated rings. The lowest BCUT2D eigenvalue weighted by molar-refractivity contribution is 0.838. The molecule has 0 aliphatic carbocycles. The van der Waals surface area contributed by atoms with E-state index in [9.17, 15) is 4.79 Å². The van der Waals surface area contributed by atoms with Crippen molar-refractivity contribution in [2.75, 3.05) is 0 Å². The van der Waals surface area contributed by atoms with Gasteiger partial charge in [-0.1, -0.05) is 81.1 Å². The molecule has 2 heterocycles. The molecule has 2 aromatic heterocycles. The largest absolute Gasteiger partial charge is 0.291 e. The van der Waals surface area contributed by atoms with Crippen LogP contribution < -0.4 is 16.1 Å². The van der Waals surface area contributed by atoms with Crippen LogP contribution in [0.15, 0.2) is 95.9 Å². The fourth-order valence-electron chi connectivity index (χ4n) is 4.01. The highest BCUT2D eigenvalue weighted by Gasteiger charge is 2.13. The van der Waals surface area contributed by atoms with Crippen molar-refractivity contribution in [3.63, 3.8) is 0 Å². The lowest BCUT2D eigenvalue weighted by atomic mass is 10.00. The Morgan fingerprint density at radius 3 is 2.12 bits per heavy atom. The van der Waals surface area contributed by atoms with Gasteiger partial charge in [0.05, 0.1) is 27.6 Å². The minimum absolute atomic E-state index is 0.148. The normalized spacial score (nSPS) is 11.9. The molecule has 5 heteroatoms. The zero-order chi connectivity index (χ0) is 23.7. The quantitative estimate of drug-likeness (QED) is 0.436. The molecule has 5 rings (SSSR count). The Morgan fingerprint density at radius 1 is 0.882 bits per heavy atom. The highest BCUT2D eigenvalue weighted by atomic mass is 16.1. The van der Waals surface area contributed by atoms with E-state index in [1.807, 2.05) is 77.6 Å². The molecule has 0 aliphatic rings. The van der Waals surface area contributed by atoms with Gasteiger partial charge in [0.15, 0.2) is 0 Å². The van der Waals surface area contributed by atoms with E-state index in [0.717, 1.165) is 28.2 Å². The number of hydrogen-bond acceptors (Lipinski definition) is 2. The second-order valence-electron chi connectivity index (χ2n) is 8.61. The maximum atomic E-state index is 13.3. The number of para-hydroxylation sites is 2. The summed E-state index contributed by atoms with van der Waals surface area (Å²) in [6.07, 6.45) is 3.83. The van der Waals surface area contributed by atoms with E-state index in [0.29, 0.717) is 16.5 Å². The van der Waals surface area contributed by atoms with E-state index in [4.69, 9.17) is 5.10 Å². The first-order valence-electron chi connectivity index (χ1n) is 11.3. The standard InChI is InChI=1S/C29H26N4O/c1-20(2)22-14-16-23(17-15-22)28-24(19-32(31-28)25-10-6-4-7-11-25)18-27-21(3)30-33(29(27)34)26-12-8-5-9-13-26/h4-20,30H,3H2,1-2H3. The Balaban J connectivity index is 1.69. The van der Waals surface area contributed by atoms with Gasteiger partial charge < -0.3 is 0 Å². The van der Waals surface area contributed by atoms with Gasteiger partial charge in [0.1, 0.15) is 0 Å². The Bertz CT molecular complexity index is 1590. The minimum Gasteiger partial charge on any atom is -0.291 e. The first kappa shape index (κ1) is 21.5. The van der Waals surface area contributed by atoms with Crippen LogP contribution in [-0.4, -0.2) is 19.6 Å². The van der Waals surface area contributed by atoms with Crippen molar-refractivity contribution < 1.29 is 0 Å². The van der Waals surface area contributed by atoms with Gasteiger partial charge in [-0.3, -0.25) is 9.89 Å². The second-order valence-corrected chi connectivity index (χ2v) is 8.61. The van der Waals surface area contributed by atoms with Gasteiger partial charge in [0.2, 0.25) is 0 Å². The molecule has 0 aliphatic heterocycles. The zero-order valence-electron chi connectivity index (χ0n) is 19.3. The van der Waals surface area contributed by atoms with E-state index in [-0.39, 0.29) is 5.56 Å². The molecule has 168 valence electrons. The van der Waals surface area contributed by atoms with Crippen LogP contribution in [0.2, 0.25) is 0 Å². The Morgan fingerprint density at radius 2 is 1.50 bits per heavy atom. The Labute approximate surface area is 197 Å². The first-order valence-corrected chi connectivity index (χ1v) is 11.3. The summed E-state index contributed by atoms with van der Waals surface area (Å²) in [5.74, 6) is 0.451. The van der Waals surface area contributed by atoms with Crippen molar-refractivity contribution in [1.29, 1.82) is 0 Å². The molecule has 5 nitrogen and oxygen atoms in total. The van der Waals surface area contributed by atoms with Gasteiger partial charge in [-0.05, 0) is 41.8 Å². The molecule has 0 bridgehead atoms. The number of hydrogen-bond donors (Lipinski definition) is 1. The van der Waals surface area contributed by atoms with Gasteiger partial charge in [0, 0.05) is 17.3 Å². The number of aromatic amines is 1. The Hall–Kier alpha value is -4.38. The van der Waals surface area contributed by atoms with Crippen LogP contribution in [0.3, 0.4) is 0 Å². The van der Waals surface area contributed by atoms with Crippen LogP contribution in [0.25, 0.3) is 35.3 Å². The molecule has 5 aromatic rings. The molecule has 0 saturated carbocycles. The van der Waals surface area contributed by atoms with Crippen LogP contribution in [0, 0.1) is 0 Å². The van der Waals surface area contributed by atoms with E-state index in [1.54, 1.807) is 0 Å². The number of rotatable bonds is 5. The lowest BCUT2D eigenvalue weighted by Gasteiger charge is -2.06. The molecule has 0 saturated heterocycles. The fraction of sp³-hybridized carbons (Fsp3) is 0.103. The number of H-pyrrole nitrogens is 1. The fourth-order valence-corrected chi connectivity index (χ4v) is 4.01. The lowest BCUT2D eigenvalue weighted by Crippen LogP contribution is -2.33. The number of nitrogens with one attached hydrogen (secondary N) is 1. The molecule has 0 radical (unpaired) electrons. The Kier molecular flexibility index (Phi) is 5.60. The van der Waals surface area contributed by atoms with Gasteiger partial charge in [0.25, 0.3) is 5.56 Å². The minimum atomic E-state index is -0.148. The van der Waals surface area contributed by atoms with Crippen LogP contribution in [-0.2, 0) is 0 Å². The summed E-state index contributed by atoms with van der Waals surface area (Å²) < 4.78 is 3.37. The van der Waals surface area contributed by atoms with E-state index in [1.165, 1.54) is 10.2 Å². The summed E-state index contributed by atoms with van der Waals surface area (Å²) in [5, 5.41) is 9.06. The third-order valence-corrected chi connectivity index (χ3v) is 5.93. The third-order valence-electron chi connectivity index (χ3n) is 5.93. The van der Waals surface area contributed by atoms with Crippen molar-refractivity contribution in [2.24, 2.45) is 0 Å². The molecular weight excluding hydrogens is 420 g/mol. The molecule has 3 aromatic carbocycles. The van der Waals surface area contributed by atoms with Crippen LogP contribution in [0.4, 0.5) is 0 Å². The monoisotopic (exact) mass is 446 g/mol. The second kappa shape index (κ2) is 8.87. The van der Waals surface area contributed by atoms with E-state index < -0.39 is 0 Å². The number of benzene rings is 3. The summed E-state index contributed by atoms with van der Waals surface area (Å²) in [6, 6.07) is 27.9. The summed E-state index contributed by atoms with van der Waals surface area (Å²) in [4.78, 5) is 13.3. The van der Waals surface area contributed by atoms with E-state index in [2.05, 4.69) is 49.8 Å². The highest BCUT2D eigenvalue weighted by Crippen LogP contribution is 2.26. The van der Waals surface area contributed by atoms with Crippen molar-refractivity contribution in [3.05, 3.63) is 123 Å². The maximum Gasteiger partial charge on any atom is 0.279 e. The smallest absolute Gasteiger partial charge is 0.279 e. The molecule has 1 N–H and O–H groups in total. The third kappa shape index (κ3) is 4.04. The molecular formula is C29H26N4O. The van der Waals surface area contributed by atoms with Crippen molar-refractivity contribution in [3.8, 4) is 22.6 Å². The van der Waals surface area contributed by atoms with Crippen LogP contribution in [0.5, 0.6) is 0 Å². The average Bonchev–Trinajstić information content (AvgIpc) is 3.42. The van der Waals surface area contributed by atoms with Gasteiger partial charge in [-0.25, -0.2) is 9.36 Å². The van der Waals surface area contributed by atoms with E-state index >= 15 is 0 Å². The first-order chi connectivity index (χ1) is 16.5. The molecule has 0 atom stereocenters. The molecule has 0 amide bonds. The van der Waals surface area contributed by atoms with Gasteiger partial charge in [-0.2, -0.15) is 5.10 Å². The zero-order valence-corrected chi connectivity index (χ0v) is 19.3. The summed E-state index contributed by atoms with van der Waals surface area (Å²) >= 11 is 0. The summed E-state index contributed by atoms with van der Waals surface area (Å²) in [7, 11) is 0. The molecule has 0 unspecified atom stereocenters. The summed E-state index contributed by atoms with van der Waals surface area (Å²) in [5.41, 5.74) is 5.50. The van der Waals surface area contributed by atoms with Crippen molar-refractivity contribution >= 4 is 12.7 Å². The van der Waals surface area contributed by atoms with Crippen LogP contribution >= 0.6 is 0 Å². The SMILES string of the molecule is C=c1[nH]n(-c2ccccc2)c(=O)c1=Cc1cn(-c2ccccc2)nc1-c1ccc(C(C)C)cc1. The topological polar surface area (TPSA) is 55.6 Å². The summed E-state index contributed by atoms with van der Waals surface area (Å²) in [6.45, 7) is 8.44. The highest BCUT2D eigenvalue weighted by molar-refractivity contribution is 5.72. The van der Waals surface area contributed by atoms with Crippen LogP contribution in [0.1, 0.15) is 30.9 Å². The van der Waals surface area contributed by atoms with Crippen molar-refractivity contribution in [1.82, 2.24) is 19.6 Å². The number of aromatic nitrogens is 4. The van der Waals surface area contributed by atoms with Gasteiger partial charge in [-0.15, -0.1) is 0 Å². The van der Waals surface area contributed by atoms with Gasteiger partial charge >= 0.3 is 0 Å². The predicted molar refractivity (Wildman–Crippen MR) is 138 cm³/mol. The van der Waals surface area contributed by atoms with Crippen molar-refractivity contribution in [2.45, 2.75) is 19.8 Å². The average molecular weight is 447 g/mol. The molecule has 34 heavy (non-hydrogen) atoms. The predicted octanol–water partition coefficient (Wildman–Crippen LogP) is 4.38. The number of nitrogens with zero attached hydrogens (tertiary/aromatic N) is 3. The maximum absolute atomic E-state index is 13.3. The molecule has 0 spiro atoms.